The van der Waals surface area contributed by atoms with Gasteiger partial charge in [0.1, 0.15) is 0 Å². The van der Waals surface area contributed by atoms with Crippen LogP contribution in [0.25, 0.3) is 0 Å². The van der Waals surface area contributed by atoms with Crippen molar-refractivity contribution in [3.63, 3.8) is 0 Å². The smallest absolute Gasteiger partial charge is 0.221 e. The standard InChI is InChI=1S/C7H9N3O3S/c1-4(11)5-3-9-7(8)10-6(5)14(2,12)13/h3H,1-2H3,(H2,8,9,10). The van der Waals surface area contributed by atoms with E-state index in [-0.39, 0.29) is 16.5 Å². The van der Waals surface area contributed by atoms with Gasteiger partial charge in [0, 0.05) is 12.5 Å². The number of hydrogen-bond acceptors (Lipinski definition) is 6. The average Bonchev–Trinajstić information content (AvgIpc) is 2.01. The minimum Gasteiger partial charge on any atom is -0.368 e. The summed E-state index contributed by atoms with van der Waals surface area (Å²) in [7, 11) is -3.55. The fourth-order valence-corrected chi connectivity index (χ4v) is 1.76. The molecule has 1 rings (SSSR count). The summed E-state index contributed by atoms with van der Waals surface area (Å²) in [5.74, 6) is -0.583. The van der Waals surface area contributed by atoms with E-state index in [1.54, 1.807) is 0 Å². The summed E-state index contributed by atoms with van der Waals surface area (Å²) < 4.78 is 22.4. The van der Waals surface area contributed by atoms with Crippen molar-refractivity contribution < 1.29 is 13.2 Å². The Kier molecular flexibility index (Phi) is 2.52. The van der Waals surface area contributed by atoms with Crippen LogP contribution >= 0.6 is 0 Å². The number of hydrogen-bond donors (Lipinski definition) is 1. The Balaban J connectivity index is 3.54. The molecule has 1 aromatic rings. The van der Waals surface area contributed by atoms with Gasteiger partial charge in [-0.2, -0.15) is 0 Å². The number of carbonyl (C=O) groups excluding carboxylic acids is 1. The van der Waals surface area contributed by atoms with Gasteiger partial charge >= 0.3 is 0 Å². The summed E-state index contributed by atoms with van der Waals surface area (Å²) in [5.41, 5.74) is 5.19. The number of Topliss-reactive ketones (excluding diaryl/α,β-unsaturated/α-hetero) is 1. The molecule has 0 atom stereocenters. The molecule has 7 heteroatoms. The van der Waals surface area contributed by atoms with Crippen LogP contribution < -0.4 is 5.73 Å². The van der Waals surface area contributed by atoms with E-state index in [0.717, 1.165) is 12.5 Å². The van der Waals surface area contributed by atoms with Crippen LogP contribution in [0.2, 0.25) is 0 Å². The van der Waals surface area contributed by atoms with Crippen LogP contribution in [0.4, 0.5) is 5.95 Å². The lowest BCUT2D eigenvalue weighted by Crippen LogP contribution is -2.11. The highest BCUT2D eigenvalue weighted by atomic mass is 32.2. The zero-order valence-corrected chi connectivity index (χ0v) is 8.50. The summed E-state index contributed by atoms with van der Waals surface area (Å²) in [6, 6.07) is 0. The van der Waals surface area contributed by atoms with Gasteiger partial charge in [-0.1, -0.05) is 0 Å². The molecule has 0 fully saturated rings. The molecular formula is C7H9N3O3S. The predicted molar refractivity (Wildman–Crippen MR) is 49.6 cm³/mol. The van der Waals surface area contributed by atoms with Crippen LogP contribution in [0.3, 0.4) is 0 Å². The van der Waals surface area contributed by atoms with Gasteiger partial charge in [0.05, 0.1) is 5.56 Å². The second kappa shape index (κ2) is 3.33. The lowest BCUT2D eigenvalue weighted by Gasteiger charge is -2.03. The molecule has 0 radical (unpaired) electrons. The molecule has 2 N–H and O–H groups in total. The molecule has 0 saturated carbocycles. The number of sulfone groups is 1. The lowest BCUT2D eigenvalue weighted by molar-refractivity contribution is 0.101. The van der Waals surface area contributed by atoms with Crippen LogP contribution in [-0.4, -0.2) is 30.4 Å². The Morgan fingerprint density at radius 3 is 2.50 bits per heavy atom. The molecule has 0 aliphatic heterocycles. The maximum absolute atomic E-state index is 11.2. The van der Waals surface area contributed by atoms with E-state index >= 15 is 0 Å². The minimum absolute atomic E-state index is 0.0401. The summed E-state index contributed by atoms with van der Waals surface area (Å²) in [4.78, 5) is 18.1. The first-order valence-electron chi connectivity index (χ1n) is 3.66. The van der Waals surface area contributed by atoms with Gasteiger partial charge in [-0.05, 0) is 6.92 Å². The number of nitrogens with two attached hydrogens (primary N) is 1. The number of nitrogen functional groups attached to an aromatic ring is 1. The first-order valence-corrected chi connectivity index (χ1v) is 5.55. The quantitative estimate of drug-likeness (QED) is 0.535. The van der Waals surface area contributed by atoms with Crippen molar-refractivity contribution in [2.24, 2.45) is 0 Å². The molecular weight excluding hydrogens is 206 g/mol. The average molecular weight is 215 g/mol. The Bertz CT molecular complexity index is 481. The van der Waals surface area contributed by atoms with Gasteiger partial charge in [-0.3, -0.25) is 4.79 Å². The van der Waals surface area contributed by atoms with Gasteiger partial charge in [0.2, 0.25) is 5.95 Å². The van der Waals surface area contributed by atoms with Crippen LogP contribution in [0.1, 0.15) is 17.3 Å². The van der Waals surface area contributed by atoms with Crippen molar-refractivity contribution in [3.8, 4) is 0 Å². The molecule has 1 heterocycles. The van der Waals surface area contributed by atoms with E-state index in [9.17, 15) is 13.2 Å². The topological polar surface area (TPSA) is 103 Å². The predicted octanol–water partition coefficient (Wildman–Crippen LogP) is -0.335. The highest BCUT2D eigenvalue weighted by Crippen LogP contribution is 2.13. The van der Waals surface area contributed by atoms with Gasteiger partial charge in [-0.25, -0.2) is 18.4 Å². The first kappa shape index (κ1) is 10.6. The highest BCUT2D eigenvalue weighted by molar-refractivity contribution is 7.90. The minimum atomic E-state index is -3.55. The Hall–Kier alpha value is -1.50. The third-order valence-corrected chi connectivity index (χ3v) is 2.52. The zero-order chi connectivity index (χ0) is 10.9. The Morgan fingerprint density at radius 1 is 1.50 bits per heavy atom. The van der Waals surface area contributed by atoms with Gasteiger partial charge < -0.3 is 5.73 Å². The molecule has 0 spiro atoms. The molecule has 0 amide bonds. The van der Waals surface area contributed by atoms with Gasteiger partial charge in [0.15, 0.2) is 20.6 Å². The maximum atomic E-state index is 11.2. The molecule has 0 aliphatic rings. The SMILES string of the molecule is CC(=O)c1cnc(N)nc1S(C)(=O)=O. The molecule has 1 aromatic heterocycles. The normalized spacial score (nSPS) is 11.3. The second-order valence-electron chi connectivity index (χ2n) is 2.78. The summed E-state index contributed by atoms with van der Waals surface area (Å²) in [6.07, 6.45) is 2.07. The number of ketones is 1. The number of rotatable bonds is 2. The van der Waals surface area contributed by atoms with E-state index in [1.807, 2.05) is 0 Å². The molecule has 0 aromatic carbocycles. The number of carbonyl (C=O) groups is 1. The van der Waals surface area contributed by atoms with Gasteiger partial charge in [0.25, 0.3) is 0 Å². The highest BCUT2D eigenvalue weighted by Gasteiger charge is 2.18. The van der Waals surface area contributed by atoms with E-state index in [0.29, 0.717) is 0 Å². The molecule has 76 valence electrons. The molecule has 0 bridgehead atoms. The fourth-order valence-electron chi connectivity index (χ4n) is 0.903. The first-order chi connectivity index (χ1) is 6.32. The third-order valence-electron chi connectivity index (χ3n) is 1.50. The maximum Gasteiger partial charge on any atom is 0.221 e. The van der Waals surface area contributed by atoms with Crippen LogP contribution in [0.5, 0.6) is 0 Å². The summed E-state index contributed by atoms with van der Waals surface area (Å²) >= 11 is 0. The molecule has 0 unspecified atom stereocenters. The van der Waals surface area contributed by atoms with Gasteiger partial charge in [-0.15, -0.1) is 0 Å². The monoisotopic (exact) mass is 215 g/mol. The third kappa shape index (κ3) is 2.05. The summed E-state index contributed by atoms with van der Waals surface area (Å²) in [6.45, 7) is 1.24. The van der Waals surface area contributed by atoms with E-state index in [1.165, 1.54) is 6.92 Å². The van der Waals surface area contributed by atoms with Crippen LogP contribution in [-0.2, 0) is 9.84 Å². The van der Waals surface area contributed by atoms with Crippen molar-refractivity contribution in [1.82, 2.24) is 9.97 Å². The van der Waals surface area contributed by atoms with Crippen molar-refractivity contribution in [2.45, 2.75) is 11.9 Å². The second-order valence-corrected chi connectivity index (χ2v) is 4.71. The van der Waals surface area contributed by atoms with Crippen molar-refractivity contribution >= 4 is 21.6 Å². The Labute approximate surface area is 81.1 Å². The van der Waals surface area contributed by atoms with Crippen molar-refractivity contribution in [2.75, 3.05) is 12.0 Å². The zero-order valence-electron chi connectivity index (χ0n) is 7.68. The molecule has 6 nitrogen and oxygen atoms in total. The van der Waals surface area contributed by atoms with Crippen molar-refractivity contribution in [3.05, 3.63) is 11.8 Å². The van der Waals surface area contributed by atoms with Crippen LogP contribution in [0.15, 0.2) is 11.2 Å². The lowest BCUT2D eigenvalue weighted by atomic mass is 10.2. The number of anilines is 1. The number of nitrogens with zero attached hydrogens (tertiary/aromatic N) is 2. The summed E-state index contributed by atoms with van der Waals surface area (Å²) in [5, 5.41) is -0.322. The van der Waals surface area contributed by atoms with E-state index < -0.39 is 15.6 Å². The molecule has 0 saturated heterocycles. The fraction of sp³-hybridized carbons (Fsp3) is 0.286. The van der Waals surface area contributed by atoms with E-state index in [4.69, 9.17) is 5.73 Å². The molecule has 0 aliphatic carbocycles. The Morgan fingerprint density at radius 2 is 2.07 bits per heavy atom. The van der Waals surface area contributed by atoms with Crippen molar-refractivity contribution in [1.29, 1.82) is 0 Å². The van der Waals surface area contributed by atoms with Crippen LogP contribution in [0, 0.1) is 0 Å². The molecule has 14 heavy (non-hydrogen) atoms. The van der Waals surface area contributed by atoms with E-state index in [2.05, 4.69) is 9.97 Å². The number of aromatic nitrogens is 2. The largest absolute Gasteiger partial charge is 0.368 e.